The van der Waals surface area contributed by atoms with Crippen LogP contribution < -0.4 is 0 Å². The molecule has 0 amide bonds. The molecule has 0 unspecified atom stereocenters. The molecule has 0 radical (unpaired) electrons. The van der Waals surface area contributed by atoms with Crippen LogP contribution in [0, 0.1) is 17.5 Å². The summed E-state index contributed by atoms with van der Waals surface area (Å²) in [6.07, 6.45) is 5.40. The minimum absolute atomic E-state index is 0.0109. The first kappa shape index (κ1) is 14.4. The maximum absolute atomic E-state index is 14.2. The number of benzene rings is 1. The van der Waals surface area contributed by atoms with Crippen molar-refractivity contribution in [3.05, 3.63) is 65.9 Å². The Kier molecular flexibility index (Phi) is 3.75. The second-order valence-corrected chi connectivity index (χ2v) is 5.25. The van der Waals surface area contributed by atoms with Gasteiger partial charge in [-0.25, -0.2) is 13.2 Å². The van der Waals surface area contributed by atoms with Gasteiger partial charge in [0, 0.05) is 37.8 Å². The largest absolute Gasteiger partial charge is 0.362 e. The summed E-state index contributed by atoms with van der Waals surface area (Å²) in [7, 11) is 1.95. The zero-order valence-corrected chi connectivity index (χ0v) is 11.9. The van der Waals surface area contributed by atoms with Gasteiger partial charge in [0.1, 0.15) is 11.5 Å². The van der Waals surface area contributed by atoms with Crippen LogP contribution in [0.4, 0.5) is 13.2 Å². The van der Waals surface area contributed by atoms with Crippen LogP contribution >= 0.6 is 0 Å². The third kappa shape index (κ3) is 2.90. The van der Waals surface area contributed by atoms with E-state index in [-0.39, 0.29) is 11.3 Å². The molecule has 22 heavy (non-hydrogen) atoms. The van der Waals surface area contributed by atoms with Crippen molar-refractivity contribution >= 4 is 0 Å². The highest BCUT2D eigenvalue weighted by atomic mass is 19.2. The van der Waals surface area contributed by atoms with Crippen molar-refractivity contribution in [3.8, 4) is 11.3 Å². The molecule has 1 aromatic heterocycles. The fourth-order valence-electron chi connectivity index (χ4n) is 2.35. The quantitative estimate of drug-likeness (QED) is 0.867. The highest BCUT2D eigenvalue weighted by molar-refractivity contribution is 5.59. The minimum Gasteiger partial charge on any atom is -0.362 e. The predicted octanol–water partition coefficient (Wildman–Crippen LogP) is 3.34. The van der Waals surface area contributed by atoms with Crippen molar-refractivity contribution in [1.82, 2.24) is 14.8 Å². The summed E-state index contributed by atoms with van der Waals surface area (Å²) in [6.45, 7) is 1.26. The van der Waals surface area contributed by atoms with Crippen LogP contribution in [0.2, 0.25) is 0 Å². The molecule has 1 aliphatic heterocycles. The van der Waals surface area contributed by atoms with Crippen LogP contribution in [0.5, 0.6) is 0 Å². The lowest BCUT2D eigenvalue weighted by atomic mass is 10.1. The first-order valence-electron chi connectivity index (χ1n) is 6.75. The van der Waals surface area contributed by atoms with Gasteiger partial charge < -0.3 is 9.80 Å². The van der Waals surface area contributed by atoms with Crippen LogP contribution in [-0.4, -0.2) is 28.5 Å². The second kappa shape index (κ2) is 5.71. The summed E-state index contributed by atoms with van der Waals surface area (Å²) >= 11 is 0. The lowest BCUT2D eigenvalue weighted by Gasteiger charge is -2.18. The zero-order chi connectivity index (χ0) is 15.7. The van der Waals surface area contributed by atoms with Crippen molar-refractivity contribution in [2.75, 3.05) is 13.7 Å². The molecule has 0 saturated carbocycles. The topological polar surface area (TPSA) is 19.4 Å². The molecule has 0 atom stereocenters. The predicted molar refractivity (Wildman–Crippen MR) is 76.9 cm³/mol. The molecule has 0 spiro atoms. The van der Waals surface area contributed by atoms with Gasteiger partial charge in [0.15, 0.2) is 11.6 Å². The minimum atomic E-state index is -1.02. The normalized spacial score (nSPS) is 14.0. The Morgan fingerprint density at radius 1 is 1.05 bits per heavy atom. The molecule has 2 heterocycles. The molecular weight excluding hydrogens is 291 g/mol. The van der Waals surface area contributed by atoms with Gasteiger partial charge in [0.05, 0.1) is 6.67 Å². The van der Waals surface area contributed by atoms with Gasteiger partial charge in [0.2, 0.25) is 0 Å². The molecule has 0 N–H and O–H groups in total. The first-order chi connectivity index (χ1) is 10.5. The Bertz CT molecular complexity index is 731. The van der Waals surface area contributed by atoms with Gasteiger partial charge in [-0.05, 0) is 29.8 Å². The van der Waals surface area contributed by atoms with Gasteiger partial charge in [-0.2, -0.15) is 0 Å². The Morgan fingerprint density at radius 3 is 2.50 bits per heavy atom. The third-order valence-corrected chi connectivity index (χ3v) is 3.41. The third-order valence-electron chi connectivity index (χ3n) is 3.41. The fraction of sp³-hybridized carbons (Fsp3) is 0.188. The van der Waals surface area contributed by atoms with E-state index in [9.17, 15) is 13.2 Å². The molecule has 0 fully saturated rings. The van der Waals surface area contributed by atoms with Gasteiger partial charge in [0.25, 0.3) is 0 Å². The molecule has 6 heteroatoms. The van der Waals surface area contributed by atoms with Crippen LogP contribution in [0.1, 0.15) is 5.56 Å². The zero-order valence-electron chi connectivity index (χ0n) is 11.9. The summed E-state index contributed by atoms with van der Waals surface area (Å²) < 4.78 is 40.4. The number of nitrogens with zero attached hydrogens (tertiary/aromatic N) is 3. The van der Waals surface area contributed by atoms with Gasteiger partial charge in [-0.15, -0.1) is 0 Å². The van der Waals surface area contributed by atoms with E-state index in [1.165, 1.54) is 12.1 Å². The smallest absolute Gasteiger partial charge is 0.159 e. The summed E-state index contributed by atoms with van der Waals surface area (Å²) in [6, 6.07) is 4.58. The van der Waals surface area contributed by atoms with Gasteiger partial charge in [-0.3, -0.25) is 4.98 Å². The summed E-state index contributed by atoms with van der Waals surface area (Å²) in [5.41, 5.74) is 0.935. The molecule has 3 rings (SSSR count). The number of aromatic nitrogens is 1. The molecule has 0 bridgehead atoms. The van der Waals surface area contributed by atoms with Crippen molar-refractivity contribution < 1.29 is 13.2 Å². The summed E-state index contributed by atoms with van der Waals surface area (Å²) in [5.74, 6) is -2.54. The van der Waals surface area contributed by atoms with Crippen LogP contribution in [0.15, 0.2) is 42.9 Å². The van der Waals surface area contributed by atoms with E-state index in [2.05, 4.69) is 4.98 Å². The molecule has 0 saturated heterocycles. The molecule has 3 nitrogen and oxygen atoms in total. The van der Waals surface area contributed by atoms with Crippen molar-refractivity contribution in [2.24, 2.45) is 0 Å². The highest BCUT2D eigenvalue weighted by Gasteiger charge is 2.13. The number of pyridine rings is 1. The molecule has 1 aliphatic rings. The van der Waals surface area contributed by atoms with E-state index >= 15 is 0 Å². The second-order valence-electron chi connectivity index (χ2n) is 5.25. The van der Waals surface area contributed by atoms with E-state index in [0.717, 1.165) is 18.8 Å². The Hall–Kier alpha value is -2.50. The van der Waals surface area contributed by atoms with E-state index in [1.807, 2.05) is 29.2 Å². The average Bonchev–Trinajstić information content (AvgIpc) is 2.87. The highest BCUT2D eigenvalue weighted by Crippen LogP contribution is 2.23. The number of hydrogen-bond donors (Lipinski definition) is 0. The Labute approximate surface area is 126 Å². The van der Waals surface area contributed by atoms with Crippen molar-refractivity contribution in [3.63, 3.8) is 0 Å². The van der Waals surface area contributed by atoms with Crippen LogP contribution in [0.25, 0.3) is 11.3 Å². The number of hydrogen-bond acceptors (Lipinski definition) is 3. The van der Waals surface area contributed by atoms with Gasteiger partial charge >= 0.3 is 0 Å². The van der Waals surface area contributed by atoms with Crippen LogP contribution in [-0.2, 0) is 6.54 Å². The van der Waals surface area contributed by atoms with Crippen molar-refractivity contribution in [2.45, 2.75) is 6.54 Å². The van der Waals surface area contributed by atoms with Gasteiger partial charge in [-0.1, -0.05) is 0 Å². The Morgan fingerprint density at radius 2 is 1.86 bits per heavy atom. The molecule has 114 valence electrons. The fourth-order valence-corrected chi connectivity index (χ4v) is 2.35. The van der Waals surface area contributed by atoms with E-state index < -0.39 is 17.5 Å². The molecule has 0 aliphatic carbocycles. The molecular formula is C16H14F3N3. The van der Waals surface area contributed by atoms with E-state index in [4.69, 9.17) is 0 Å². The standard InChI is InChI=1S/C16H14F3N3/c1-21-4-5-22(10-21)9-11-6-15(19)16(20-8-11)12-2-3-13(17)14(18)7-12/h2-8H,9-10H2,1H3. The maximum Gasteiger partial charge on any atom is 0.159 e. The van der Waals surface area contributed by atoms with Crippen molar-refractivity contribution in [1.29, 1.82) is 0 Å². The lowest BCUT2D eigenvalue weighted by molar-refractivity contribution is 0.290. The maximum atomic E-state index is 14.2. The van der Waals surface area contributed by atoms with E-state index in [1.54, 1.807) is 6.20 Å². The SMILES string of the molecule is CN1C=CN(Cc2cnc(-c3ccc(F)c(F)c3)c(F)c2)C1. The monoisotopic (exact) mass is 305 g/mol. The summed E-state index contributed by atoms with van der Waals surface area (Å²) in [4.78, 5) is 8.06. The molecule has 2 aromatic rings. The van der Waals surface area contributed by atoms with Crippen LogP contribution in [0.3, 0.4) is 0 Å². The number of rotatable bonds is 3. The first-order valence-corrected chi connectivity index (χ1v) is 6.75. The lowest BCUT2D eigenvalue weighted by Crippen LogP contribution is -2.22. The summed E-state index contributed by atoms with van der Waals surface area (Å²) in [5, 5.41) is 0. The number of halogens is 3. The average molecular weight is 305 g/mol. The van der Waals surface area contributed by atoms with E-state index in [0.29, 0.717) is 12.1 Å². The molecule has 1 aromatic carbocycles. The Balaban J connectivity index is 1.82.